The Morgan fingerprint density at radius 3 is 2.84 bits per heavy atom. The highest BCUT2D eigenvalue weighted by atomic mass is 15.0. The van der Waals surface area contributed by atoms with E-state index in [1.54, 1.807) is 0 Å². The Morgan fingerprint density at radius 1 is 1.26 bits per heavy atom. The van der Waals surface area contributed by atoms with Gasteiger partial charge in [-0.1, -0.05) is 30.3 Å². The number of hydrogen-bond acceptors (Lipinski definition) is 1. The summed E-state index contributed by atoms with van der Waals surface area (Å²) in [6.45, 7) is 3.27. The topological polar surface area (TPSA) is 30.9 Å². The van der Waals surface area contributed by atoms with Crippen LogP contribution in [0.15, 0.2) is 36.4 Å². The van der Waals surface area contributed by atoms with Crippen molar-refractivity contribution in [3.05, 3.63) is 58.9 Å². The number of hydrogen-bond donors (Lipinski definition) is 1. The van der Waals surface area contributed by atoms with Crippen molar-refractivity contribution in [2.24, 2.45) is 5.73 Å². The first-order valence-electron chi connectivity index (χ1n) is 7.24. The lowest BCUT2D eigenvalue weighted by molar-refractivity contribution is 0.536. The van der Waals surface area contributed by atoms with Crippen molar-refractivity contribution >= 4 is 0 Å². The number of nitrogens with zero attached hydrogens (tertiary/aromatic N) is 1. The van der Waals surface area contributed by atoms with Crippen LogP contribution in [0, 0.1) is 6.92 Å². The van der Waals surface area contributed by atoms with E-state index in [4.69, 9.17) is 5.73 Å². The number of nitrogens with two attached hydrogens (primary N) is 1. The molecule has 19 heavy (non-hydrogen) atoms. The molecule has 1 atom stereocenters. The third kappa shape index (κ3) is 2.45. The highest BCUT2D eigenvalue weighted by Crippen LogP contribution is 2.30. The van der Waals surface area contributed by atoms with Crippen molar-refractivity contribution in [2.75, 3.05) is 0 Å². The van der Waals surface area contributed by atoms with Gasteiger partial charge in [-0.05, 0) is 49.8 Å². The maximum Gasteiger partial charge on any atom is 0.0313 e. The minimum atomic E-state index is 0.250. The fourth-order valence-corrected chi connectivity index (χ4v) is 3.20. The molecular weight excluding hydrogens is 232 g/mol. The smallest absolute Gasteiger partial charge is 0.0313 e. The summed E-state index contributed by atoms with van der Waals surface area (Å²) in [5, 5.41) is 0. The Bertz CT molecular complexity index is 554. The first kappa shape index (κ1) is 12.5. The van der Waals surface area contributed by atoms with Gasteiger partial charge in [-0.3, -0.25) is 0 Å². The van der Waals surface area contributed by atoms with E-state index in [1.807, 2.05) is 0 Å². The largest absolute Gasteiger partial charge is 0.348 e. The normalized spacial score (nSPS) is 18.3. The minimum absolute atomic E-state index is 0.250. The lowest BCUT2D eigenvalue weighted by atomic mass is 9.93. The molecule has 0 aliphatic heterocycles. The molecule has 0 bridgehead atoms. The van der Waals surface area contributed by atoms with Crippen LogP contribution in [0.5, 0.6) is 0 Å². The van der Waals surface area contributed by atoms with Crippen LogP contribution < -0.4 is 5.73 Å². The Hall–Kier alpha value is -1.54. The van der Waals surface area contributed by atoms with E-state index in [9.17, 15) is 0 Å². The summed E-state index contributed by atoms with van der Waals surface area (Å²) in [5.41, 5.74) is 11.9. The van der Waals surface area contributed by atoms with Gasteiger partial charge in [0.1, 0.15) is 0 Å². The van der Waals surface area contributed by atoms with Gasteiger partial charge in [0.05, 0.1) is 0 Å². The summed E-state index contributed by atoms with van der Waals surface area (Å²) >= 11 is 0. The lowest BCUT2D eigenvalue weighted by Gasteiger charge is -2.21. The van der Waals surface area contributed by atoms with Gasteiger partial charge < -0.3 is 10.3 Å². The standard InChI is InChI=1S/C17H22N2/c1-13-12-15-16(18)8-5-9-17(15)19(13)11-10-14-6-3-2-4-7-14/h2-4,6-7,12,16H,5,8-11,18H2,1H3. The Kier molecular flexibility index (Phi) is 3.43. The summed E-state index contributed by atoms with van der Waals surface area (Å²) in [6, 6.07) is 13.3. The zero-order valence-corrected chi connectivity index (χ0v) is 11.6. The first-order valence-corrected chi connectivity index (χ1v) is 7.24. The van der Waals surface area contributed by atoms with E-state index in [0.717, 1.165) is 19.4 Å². The predicted molar refractivity (Wildman–Crippen MR) is 79.2 cm³/mol. The van der Waals surface area contributed by atoms with Crippen LogP contribution in [0.2, 0.25) is 0 Å². The molecule has 2 N–H and O–H groups in total. The number of aryl methyl sites for hydroxylation is 2. The highest BCUT2D eigenvalue weighted by Gasteiger charge is 2.21. The third-order valence-corrected chi connectivity index (χ3v) is 4.24. The Morgan fingerprint density at radius 2 is 2.05 bits per heavy atom. The molecule has 2 nitrogen and oxygen atoms in total. The van der Waals surface area contributed by atoms with Crippen molar-refractivity contribution < 1.29 is 0 Å². The van der Waals surface area contributed by atoms with Gasteiger partial charge >= 0.3 is 0 Å². The van der Waals surface area contributed by atoms with Crippen LogP contribution in [0.1, 0.15) is 41.4 Å². The molecule has 0 saturated carbocycles. The molecule has 0 amide bonds. The number of rotatable bonds is 3. The van der Waals surface area contributed by atoms with Gasteiger partial charge in [-0.2, -0.15) is 0 Å². The molecule has 0 spiro atoms. The van der Waals surface area contributed by atoms with E-state index in [0.29, 0.717) is 0 Å². The predicted octanol–water partition coefficient (Wildman–Crippen LogP) is 3.38. The first-order chi connectivity index (χ1) is 9.25. The molecule has 2 heteroatoms. The molecule has 0 saturated heterocycles. The average molecular weight is 254 g/mol. The van der Waals surface area contributed by atoms with Gasteiger partial charge in [0.25, 0.3) is 0 Å². The van der Waals surface area contributed by atoms with E-state index in [-0.39, 0.29) is 6.04 Å². The average Bonchev–Trinajstić information content (AvgIpc) is 2.75. The second-order valence-corrected chi connectivity index (χ2v) is 5.57. The van der Waals surface area contributed by atoms with Crippen molar-refractivity contribution in [3.63, 3.8) is 0 Å². The molecule has 3 rings (SSSR count). The van der Waals surface area contributed by atoms with Crippen LogP contribution >= 0.6 is 0 Å². The van der Waals surface area contributed by atoms with Gasteiger partial charge in [-0.25, -0.2) is 0 Å². The maximum atomic E-state index is 6.22. The summed E-state index contributed by atoms with van der Waals surface area (Å²) in [4.78, 5) is 0. The Labute approximate surface area is 115 Å². The van der Waals surface area contributed by atoms with Crippen molar-refractivity contribution in [3.8, 4) is 0 Å². The number of benzene rings is 1. The molecule has 0 fully saturated rings. The van der Waals surface area contributed by atoms with Gasteiger partial charge in [0.15, 0.2) is 0 Å². The summed E-state index contributed by atoms with van der Waals surface area (Å²) in [6.07, 6.45) is 4.64. The molecule has 0 radical (unpaired) electrons. The number of aromatic nitrogens is 1. The molecule has 1 aromatic carbocycles. The lowest BCUT2D eigenvalue weighted by Crippen LogP contribution is -2.18. The summed E-state index contributed by atoms with van der Waals surface area (Å²) in [7, 11) is 0. The van der Waals surface area contributed by atoms with Gasteiger partial charge in [0, 0.05) is 24.0 Å². The molecule has 1 heterocycles. The van der Waals surface area contributed by atoms with Gasteiger partial charge in [-0.15, -0.1) is 0 Å². The number of fused-ring (bicyclic) bond motifs is 1. The van der Waals surface area contributed by atoms with Crippen molar-refractivity contribution in [2.45, 2.75) is 45.2 Å². The van der Waals surface area contributed by atoms with Crippen molar-refractivity contribution in [1.82, 2.24) is 4.57 Å². The zero-order valence-electron chi connectivity index (χ0n) is 11.6. The second kappa shape index (κ2) is 5.22. The van der Waals surface area contributed by atoms with Crippen LogP contribution in [0.25, 0.3) is 0 Å². The van der Waals surface area contributed by atoms with Crippen LogP contribution in [0.4, 0.5) is 0 Å². The third-order valence-electron chi connectivity index (χ3n) is 4.24. The quantitative estimate of drug-likeness (QED) is 0.894. The monoisotopic (exact) mass is 254 g/mol. The van der Waals surface area contributed by atoms with Crippen LogP contribution in [0.3, 0.4) is 0 Å². The summed E-state index contributed by atoms with van der Waals surface area (Å²) < 4.78 is 2.47. The molecule has 2 aromatic rings. The summed E-state index contributed by atoms with van der Waals surface area (Å²) in [5.74, 6) is 0. The molecule has 1 aliphatic carbocycles. The second-order valence-electron chi connectivity index (χ2n) is 5.57. The molecule has 100 valence electrons. The molecular formula is C17H22N2. The van der Waals surface area contributed by atoms with E-state index >= 15 is 0 Å². The van der Waals surface area contributed by atoms with Crippen LogP contribution in [-0.2, 0) is 19.4 Å². The highest BCUT2D eigenvalue weighted by molar-refractivity contribution is 5.32. The minimum Gasteiger partial charge on any atom is -0.348 e. The molecule has 1 aliphatic rings. The van der Waals surface area contributed by atoms with E-state index < -0.39 is 0 Å². The molecule has 1 unspecified atom stereocenters. The fourth-order valence-electron chi connectivity index (χ4n) is 3.20. The molecule has 1 aromatic heterocycles. The SMILES string of the molecule is Cc1cc2c(n1CCc1ccccc1)CCCC2N. The maximum absolute atomic E-state index is 6.22. The van der Waals surface area contributed by atoms with Crippen LogP contribution in [-0.4, -0.2) is 4.57 Å². The van der Waals surface area contributed by atoms with E-state index in [1.165, 1.54) is 35.4 Å². The van der Waals surface area contributed by atoms with Gasteiger partial charge in [0.2, 0.25) is 0 Å². The Balaban J connectivity index is 1.81. The van der Waals surface area contributed by atoms with Crippen molar-refractivity contribution in [1.29, 1.82) is 0 Å². The van der Waals surface area contributed by atoms with E-state index in [2.05, 4.69) is 47.9 Å². The fraction of sp³-hybridized carbons (Fsp3) is 0.412. The zero-order chi connectivity index (χ0) is 13.2.